The smallest absolute Gasteiger partial charge is 0.310 e. The first-order valence-corrected chi connectivity index (χ1v) is 7.98. The van der Waals surface area contributed by atoms with Crippen LogP contribution in [0.25, 0.3) is 0 Å². The lowest BCUT2D eigenvalue weighted by atomic mass is 10.2. The molecule has 0 aliphatic heterocycles. The van der Waals surface area contributed by atoms with Crippen LogP contribution in [0.15, 0.2) is 29.2 Å². The second-order valence-corrected chi connectivity index (χ2v) is 6.64. The summed E-state index contributed by atoms with van der Waals surface area (Å²) in [6.07, 6.45) is -5.58. The maximum Gasteiger partial charge on any atom is 0.390 e. The van der Waals surface area contributed by atoms with Crippen molar-refractivity contribution in [2.24, 2.45) is 0 Å². The Bertz CT molecular complexity index is 557. The number of alkyl halides is 3. The van der Waals surface area contributed by atoms with Crippen molar-refractivity contribution in [1.29, 1.82) is 0 Å². The molecule has 2 N–H and O–H groups in total. The minimum atomic E-state index is -4.39. The largest absolute Gasteiger partial charge is 0.390 e. The van der Waals surface area contributed by atoms with Crippen molar-refractivity contribution in [3.8, 4) is 0 Å². The van der Waals surface area contributed by atoms with Gasteiger partial charge in [0.15, 0.2) is 0 Å². The monoisotopic (exact) mass is 324 g/mol. The Morgan fingerprint density at radius 2 is 1.81 bits per heavy atom. The Morgan fingerprint density at radius 1 is 1.19 bits per heavy atom. The van der Waals surface area contributed by atoms with Crippen LogP contribution < -0.4 is 10.0 Å². The van der Waals surface area contributed by atoms with E-state index in [2.05, 4.69) is 5.32 Å². The second-order valence-electron chi connectivity index (χ2n) is 4.91. The predicted molar refractivity (Wildman–Crippen MR) is 74.3 cm³/mol. The summed E-state index contributed by atoms with van der Waals surface area (Å²) in [6, 6.07) is 6.41. The van der Waals surface area contributed by atoms with E-state index in [0.29, 0.717) is 12.1 Å². The zero-order valence-electron chi connectivity index (χ0n) is 11.9. The standard InChI is InChI=1S/C13H19F3N2O2S/c1-10(2)17-9-11-5-3-4-6-12(11)21(19,20)18-8-7-13(14,15)16/h3-6,10,17-18H,7-9H2,1-2H3. The Balaban J connectivity index is 2.82. The third-order valence-electron chi connectivity index (χ3n) is 2.66. The molecule has 0 aliphatic rings. The molecule has 120 valence electrons. The highest BCUT2D eigenvalue weighted by Crippen LogP contribution is 2.20. The molecule has 8 heteroatoms. The molecule has 0 saturated heterocycles. The van der Waals surface area contributed by atoms with Gasteiger partial charge < -0.3 is 5.32 Å². The molecule has 1 aromatic rings. The zero-order chi connectivity index (χ0) is 16.1. The highest BCUT2D eigenvalue weighted by atomic mass is 32.2. The SMILES string of the molecule is CC(C)NCc1ccccc1S(=O)(=O)NCCC(F)(F)F. The number of halogens is 3. The Kier molecular flexibility index (Phi) is 6.18. The Morgan fingerprint density at radius 3 is 2.38 bits per heavy atom. The van der Waals surface area contributed by atoms with E-state index in [4.69, 9.17) is 0 Å². The van der Waals surface area contributed by atoms with Crippen molar-refractivity contribution < 1.29 is 21.6 Å². The van der Waals surface area contributed by atoms with E-state index in [9.17, 15) is 21.6 Å². The first-order valence-electron chi connectivity index (χ1n) is 6.49. The van der Waals surface area contributed by atoms with Crippen molar-refractivity contribution in [3.63, 3.8) is 0 Å². The first kappa shape index (κ1) is 17.9. The van der Waals surface area contributed by atoms with Gasteiger partial charge in [0.2, 0.25) is 10.0 Å². The van der Waals surface area contributed by atoms with Crippen LogP contribution in [0.2, 0.25) is 0 Å². The lowest BCUT2D eigenvalue weighted by Crippen LogP contribution is -2.30. The molecular formula is C13H19F3N2O2S. The average Bonchev–Trinajstić information content (AvgIpc) is 2.34. The third kappa shape index (κ3) is 6.45. The highest BCUT2D eigenvalue weighted by Gasteiger charge is 2.28. The minimum Gasteiger partial charge on any atom is -0.310 e. The normalized spacial score (nSPS) is 12.9. The zero-order valence-corrected chi connectivity index (χ0v) is 12.7. The second kappa shape index (κ2) is 7.24. The number of hydrogen-bond acceptors (Lipinski definition) is 3. The van der Waals surface area contributed by atoms with E-state index < -0.39 is 29.2 Å². The molecule has 0 atom stereocenters. The summed E-state index contributed by atoms with van der Waals surface area (Å²) in [6.45, 7) is 3.49. The Hall–Kier alpha value is -1.12. The van der Waals surface area contributed by atoms with Gasteiger partial charge in [-0.25, -0.2) is 13.1 Å². The van der Waals surface area contributed by atoms with Crippen LogP contribution in [0.1, 0.15) is 25.8 Å². The van der Waals surface area contributed by atoms with Crippen LogP contribution in [0.5, 0.6) is 0 Å². The fourth-order valence-corrected chi connectivity index (χ4v) is 2.90. The summed E-state index contributed by atoms with van der Waals surface area (Å²) in [5.41, 5.74) is 0.519. The van der Waals surface area contributed by atoms with Gasteiger partial charge in [-0.2, -0.15) is 13.2 Å². The summed E-state index contributed by atoms with van der Waals surface area (Å²) in [4.78, 5) is 0.000300. The van der Waals surface area contributed by atoms with E-state index in [-0.39, 0.29) is 10.9 Å². The summed E-state index contributed by atoms with van der Waals surface area (Å²) < 4.78 is 62.4. The maximum atomic E-state index is 12.1. The van der Waals surface area contributed by atoms with Crippen LogP contribution in [-0.4, -0.2) is 27.2 Å². The van der Waals surface area contributed by atoms with E-state index in [1.807, 2.05) is 18.6 Å². The number of benzene rings is 1. The van der Waals surface area contributed by atoms with Gasteiger partial charge in [0.1, 0.15) is 0 Å². The third-order valence-corrected chi connectivity index (χ3v) is 4.22. The van der Waals surface area contributed by atoms with Crippen LogP contribution in [0, 0.1) is 0 Å². The molecule has 0 bridgehead atoms. The average molecular weight is 324 g/mol. The first-order chi connectivity index (χ1) is 9.62. The van der Waals surface area contributed by atoms with Crippen LogP contribution in [0.3, 0.4) is 0 Å². The van der Waals surface area contributed by atoms with Gasteiger partial charge in [0.05, 0.1) is 11.3 Å². The molecule has 4 nitrogen and oxygen atoms in total. The number of rotatable bonds is 7. The molecule has 0 radical (unpaired) electrons. The van der Waals surface area contributed by atoms with Gasteiger partial charge in [0.25, 0.3) is 0 Å². The van der Waals surface area contributed by atoms with Gasteiger partial charge in [0, 0.05) is 19.1 Å². The van der Waals surface area contributed by atoms with Crippen molar-refractivity contribution in [3.05, 3.63) is 29.8 Å². The summed E-state index contributed by atoms with van der Waals surface area (Å²) in [7, 11) is -3.95. The molecule has 21 heavy (non-hydrogen) atoms. The molecule has 0 aromatic heterocycles. The molecule has 1 rings (SSSR count). The van der Waals surface area contributed by atoms with Crippen molar-refractivity contribution >= 4 is 10.0 Å². The summed E-state index contributed by atoms with van der Waals surface area (Å²) in [5.74, 6) is 0. The maximum absolute atomic E-state index is 12.1. The lowest BCUT2D eigenvalue weighted by molar-refractivity contribution is -0.132. The molecule has 1 aromatic carbocycles. The van der Waals surface area contributed by atoms with Crippen molar-refractivity contribution in [2.75, 3.05) is 6.54 Å². The number of hydrogen-bond donors (Lipinski definition) is 2. The highest BCUT2D eigenvalue weighted by molar-refractivity contribution is 7.89. The van der Waals surface area contributed by atoms with Gasteiger partial charge in [-0.05, 0) is 11.6 Å². The molecule has 0 heterocycles. The number of sulfonamides is 1. The topological polar surface area (TPSA) is 58.2 Å². The predicted octanol–water partition coefficient (Wildman–Crippen LogP) is 2.42. The molecule has 0 fully saturated rings. The van der Waals surface area contributed by atoms with Crippen LogP contribution >= 0.6 is 0 Å². The van der Waals surface area contributed by atoms with Crippen molar-refractivity contribution in [1.82, 2.24) is 10.0 Å². The van der Waals surface area contributed by atoms with Gasteiger partial charge in [-0.1, -0.05) is 32.0 Å². The molecule has 0 unspecified atom stereocenters. The molecule has 0 spiro atoms. The Labute approximate surface area is 122 Å². The van der Waals surface area contributed by atoms with E-state index in [0.717, 1.165) is 0 Å². The van der Waals surface area contributed by atoms with Gasteiger partial charge in [-0.15, -0.1) is 0 Å². The van der Waals surface area contributed by atoms with E-state index in [1.54, 1.807) is 12.1 Å². The van der Waals surface area contributed by atoms with E-state index in [1.165, 1.54) is 12.1 Å². The molecule has 0 aliphatic carbocycles. The summed E-state index contributed by atoms with van der Waals surface area (Å²) >= 11 is 0. The van der Waals surface area contributed by atoms with E-state index >= 15 is 0 Å². The van der Waals surface area contributed by atoms with Gasteiger partial charge in [-0.3, -0.25) is 0 Å². The number of nitrogens with one attached hydrogen (secondary N) is 2. The molecule has 0 amide bonds. The summed E-state index contributed by atoms with van der Waals surface area (Å²) in [5, 5.41) is 3.08. The molecule has 0 saturated carbocycles. The van der Waals surface area contributed by atoms with Gasteiger partial charge >= 0.3 is 6.18 Å². The van der Waals surface area contributed by atoms with Crippen LogP contribution in [-0.2, 0) is 16.6 Å². The van der Waals surface area contributed by atoms with Crippen LogP contribution in [0.4, 0.5) is 13.2 Å². The quantitative estimate of drug-likeness (QED) is 0.810. The fourth-order valence-electron chi connectivity index (χ4n) is 1.63. The van der Waals surface area contributed by atoms with Crippen molar-refractivity contribution in [2.45, 2.75) is 43.9 Å². The lowest BCUT2D eigenvalue weighted by Gasteiger charge is -2.14. The molecular weight excluding hydrogens is 305 g/mol. The fraction of sp³-hybridized carbons (Fsp3) is 0.538. The minimum absolute atomic E-state index is 0.000300.